The summed E-state index contributed by atoms with van der Waals surface area (Å²) in [7, 11) is 0. The van der Waals surface area contributed by atoms with E-state index >= 15 is 0 Å². The fourth-order valence-electron chi connectivity index (χ4n) is 2.47. The second kappa shape index (κ2) is 6.19. The van der Waals surface area contributed by atoms with E-state index in [0.29, 0.717) is 19.3 Å². The van der Waals surface area contributed by atoms with Gasteiger partial charge in [0.05, 0.1) is 5.60 Å². The Hall–Kier alpha value is -1.67. The van der Waals surface area contributed by atoms with Crippen LogP contribution in [0.4, 0.5) is 4.39 Å². The van der Waals surface area contributed by atoms with E-state index in [9.17, 15) is 9.50 Å². The fraction of sp³-hybridized carbons (Fsp3) is 0.333. The monoisotopic (exact) mass is 272 g/mol. The molecular formula is C18H21FO. The number of hydrogen-bond acceptors (Lipinski definition) is 1. The van der Waals surface area contributed by atoms with E-state index in [0.717, 1.165) is 16.7 Å². The first kappa shape index (κ1) is 14.7. The molecule has 0 aliphatic carbocycles. The first-order valence-electron chi connectivity index (χ1n) is 7.04. The Kier molecular flexibility index (Phi) is 4.56. The van der Waals surface area contributed by atoms with Gasteiger partial charge in [-0.2, -0.15) is 0 Å². The lowest BCUT2D eigenvalue weighted by Gasteiger charge is -2.28. The zero-order chi connectivity index (χ0) is 14.6. The highest BCUT2D eigenvalue weighted by molar-refractivity contribution is 5.29. The molecule has 0 fully saturated rings. The Morgan fingerprint density at radius 1 is 1.05 bits per heavy atom. The van der Waals surface area contributed by atoms with Gasteiger partial charge in [0.25, 0.3) is 0 Å². The standard InChI is InChI=1S/C18H21FO/c1-3-18(20,12-15-7-5-4-6-8-15)13-16-11-17(19)10-9-14(16)2/h4-11,20H,3,12-13H2,1-2H3. The third kappa shape index (κ3) is 3.67. The molecule has 2 aromatic rings. The third-order valence-corrected chi connectivity index (χ3v) is 3.86. The highest BCUT2D eigenvalue weighted by Crippen LogP contribution is 2.24. The van der Waals surface area contributed by atoms with Gasteiger partial charge in [0.15, 0.2) is 0 Å². The van der Waals surface area contributed by atoms with Crippen molar-refractivity contribution in [2.45, 2.75) is 38.7 Å². The van der Waals surface area contributed by atoms with Gasteiger partial charge in [-0.05, 0) is 42.2 Å². The molecule has 0 bridgehead atoms. The van der Waals surface area contributed by atoms with E-state index in [-0.39, 0.29) is 5.82 Å². The largest absolute Gasteiger partial charge is 0.389 e. The van der Waals surface area contributed by atoms with E-state index in [4.69, 9.17) is 0 Å². The lowest BCUT2D eigenvalue weighted by Crippen LogP contribution is -2.33. The molecule has 1 unspecified atom stereocenters. The lowest BCUT2D eigenvalue weighted by molar-refractivity contribution is 0.0366. The van der Waals surface area contributed by atoms with Crippen molar-refractivity contribution >= 4 is 0 Å². The normalized spacial score (nSPS) is 14.0. The third-order valence-electron chi connectivity index (χ3n) is 3.86. The van der Waals surface area contributed by atoms with E-state index in [1.807, 2.05) is 44.2 Å². The molecule has 0 aromatic heterocycles. The molecular weight excluding hydrogens is 251 g/mol. The van der Waals surface area contributed by atoms with Gasteiger partial charge in [0.1, 0.15) is 5.82 Å². The van der Waals surface area contributed by atoms with Crippen LogP contribution in [0.1, 0.15) is 30.0 Å². The van der Waals surface area contributed by atoms with Gasteiger partial charge in [-0.15, -0.1) is 0 Å². The van der Waals surface area contributed by atoms with Crippen LogP contribution in [-0.2, 0) is 12.8 Å². The lowest BCUT2D eigenvalue weighted by atomic mass is 9.85. The first-order valence-corrected chi connectivity index (χ1v) is 7.04. The van der Waals surface area contributed by atoms with Crippen molar-refractivity contribution in [2.24, 2.45) is 0 Å². The van der Waals surface area contributed by atoms with Crippen LogP contribution in [0.15, 0.2) is 48.5 Å². The molecule has 0 aliphatic heterocycles. The van der Waals surface area contributed by atoms with Crippen LogP contribution in [0.2, 0.25) is 0 Å². The second-order valence-corrected chi connectivity index (χ2v) is 5.49. The van der Waals surface area contributed by atoms with Crippen molar-refractivity contribution < 1.29 is 9.50 Å². The summed E-state index contributed by atoms with van der Waals surface area (Å²) in [6.07, 6.45) is 1.69. The molecule has 20 heavy (non-hydrogen) atoms. The Bertz CT molecular complexity index is 565. The Morgan fingerprint density at radius 2 is 1.75 bits per heavy atom. The number of halogens is 1. The van der Waals surface area contributed by atoms with Crippen LogP contribution < -0.4 is 0 Å². The first-order chi connectivity index (χ1) is 9.52. The van der Waals surface area contributed by atoms with Crippen molar-refractivity contribution in [3.8, 4) is 0 Å². The fourth-order valence-corrected chi connectivity index (χ4v) is 2.47. The molecule has 2 rings (SSSR count). The van der Waals surface area contributed by atoms with Crippen molar-refractivity contribution in [1.29, 1.82) is 0 Å². The highest BCUT2D eigenvalue weighted by atomic mass is 19.1. The molecule has 1 N–H and O–H groups in total. The molecule has 0 aliphatic rings. The zero-order valence-corrected chi connectivity index (χ0v) is 12.1. The van der Waals surface area contributed by atoms with Crippen molar-refractivity contribution in [1.82, 2.24) is 0 Å². The molecule has 0 spiro atoms. The minimum Gasteiger partial charge on any atom is -0.389 e. The molecule has 0 amide bonds. The van der Waals surface area contributed by atoms with E-state index in [2.05, 4.69) is 0 Å². The zero-order valence-electron chi connectivity index (χ0n) is 12.1. The van der Waals surface area contributed by atoms with E-state index in [1.165, 1.54) is 12.1 Å². The minimum atomic E-state index is -0.833. The summed E-state index contributed by atoms with van der Waals surface area (Å²) in [5.41, 5.74) is 2.17. The SMILES string of the molecule is CCC(O)(Cc1ccccc1)Cc1cc(F)ccc1C. The highest BCUT2D eigenvalue weighted by Gasteiger charge is 2.26. The van der Waals surface area contributed by atoms with Crippen molar-refractivity contribution in [3.63, 3.8) is 0 Å². The summed E-state index contributed by atoms with van der Waals surface area (Å²) in [5, 5.41) is 10.8. The summed E-state index contributed by atoms with van der Waals surface area (Å²) < 4.78 is 13.4. The van der Waals surface area contributed by atoms with Crippen LogP contribution in [-0.4, -0.2) is 10.7 Å². The average Bonchev–Trinajstić information content (AvgIpc) is 2.44. The molecule has 106 valence electrons. The Balaban J connectivity index is 2.20. The van der Waals surface area contributed by atoms with E-state index < -0.39 is 5.60 Å². The molecule has 1 atom stereocenters. The number of aryl methyl sites for hydroxylation is 1. The molecule has 2 heteroatoms. The van der Waals surface area contributed by atoms with Gasteiger partial charge < -0.3 is 5.11 Å². The molecule has 0 saturated carbocycles. The average molecular weight is 272 g/mol. The number of benzene rings is 2. The molecule has 0 saturated heterocycles. The predicted molar refractivity (Wildman–Crippen MR) is 80.2 cm³/mol. The van der Waals surface area contributed by atoms with Crippen LogP contribution in [0.25, 0.3) is 0 Å². The quantitative estimate of drug-likeness (QED) is 0.870. The van der Waals surface area contributed by atoms with Crippen molar-refractivity contribution in [2.75, 3.05) is 0 Å². The summed E-state index contributed by atoms with van der Waals surface area (Å²) in [6.45, 7) is 3.92. The van der Waals surface area contributed by atoms with Gasteiger partial charge in [-0.1, -0.05) is 43.3 Å². The topological polar surface area (TPSA) is 20.2 Å². The molecule has 2 aromatic carbocycles. The van der Waals surface area contributed by atoms with Gasteiger partial charge in [0, 0.05) is 12.8 Å². The maximum atomic E-state index is 13.4. The predicted octanol–water partition coefficient (Wildman–Crippen LogP) is 4.06. The second-order valence-electron chi connectivity index (χ2n) is 5.49. The Labute approximate surface area is 120 Å². The smallest absolute Gasteiger partial charge is 0.123 e. The van der Waals surface area contributed by atoms with Crippen LogP contribution >= 0.6 is 0 Å². The minimum absolute atomic E-state index is 0.247. The molecule has 0 radical (unpaired) electrons. The van der Waals surface area contributed by atoms with Crippen LogP contribution in [0.5, 0.6) is 0 Å². The number of rotatable bonds is 5. The summed E-state index contributed by atoms with van der Waals surface area (Å²) >= 11 is 0. The summed E-state index contributed by atoms with van der Waals surface area (Å²) in [4.78, 5) is 0. The van der Waals surface area contributed by atoms with Crippen molar-refractivity contribution in [3.05, 3.63) is 71.0 Å². The van der Waals surface area contributed by atoms with Gasteiger partial charge in [-0.3, -0.25) is 0 Å². The Morgan fingerprint density at radius 3 is 2.40 bits per heavy atom. The van der Waals surface area contributed by atoms with E-state index in [1.54, 1.807) is 6.07 Å². The molecule has 1 nitrogen and oxygen atoms in total. The maximum absolute atomic E-state index is 13.4. The van der Waals surface area contributed by atoms with Crippen LogP contribution in [0.3, 0.4) is 0 Å². The number of hydrogen-bond donors (Lipinski definition) is 1. The summed E-state index contributed by atoms with van der Waals surface area (Å²) in [5.74, 6) is -0.247. The van der Waals surface area contributed by atoms with Crippen LogP contribution in [0, 0.1) is 12.7 Å². The number of aliphatic hydroxyl groups is 1. The summed E-state index contributed by atoms with van der Waals surface area (Å²) in [6, 6.07) is 14.7. The van der Waals surface area contributed by atoms with Gasteiger partial charge >= 0.3 is 0 Å². The van der Waals surface area contributed by atoms with Gasteiger partial charge in [-0.25, -0.2) is 4.39 Å². The maximum Gasteiger partial charge on any atom is 0.123 e. The van der Waals surface area contributed by atoms with Gasteiger partial charge in [0.2, 0.25) is 0 Å². The molecule has 0 heterocycles.